The third kappa shape index (κ3) is 9.90. The molecular formula is C20H34F2NO5P. The van der Waals surface area contributed by atoms with Crippen LogP contribution in [-0.2, 0) is 4.57 Å². The van der Waals surface area contributed by atoms with Gasteiger partial charge >= 0.3 is 0 Å². The molecule has 0 saturated carbocycles. The van der Waals surface area contributed by atoms with Crippen LogP contribution in [0.4, 0.5) is 8.78 Å². The molecule has 0 aliphatic heterocycles. The van der Waals surface area contributed by atoms with Gasteiger partial charge in [-0.25, -0.2) is 0 Å². The highest BCUT2D eigenvalue weighted by atomic mass is 31.2. The Balaban J connectivity index is 2.10. The number of rotatable bonds is 16. The Morgan fingerprint density at radius 1 is 0.966 bits per heavy atom. The molecule has 0 radical (unpaired) electrons. The minimum atomic E-state index is -3.54. The van der Waals surface area contributed by atoms with Crippen molar-refractivity contribution in [3.8, 4) is 11.5 Å². The second-order valence-electron chi connectivity index (χ2n) is 7.14. The lowest BCUT2D eigenvalue weighted by Gasteiger charge is -2.13. The molecular weight excluding hydrogens is 403 g/mol. The van der Waals surface area contributed by atoms with E-state index in [9.17, 15) is 13.3 Å². The van der Waals surface area contributed by atoms with Crippen LogP contribution < -0.4 is 14.7 Å². The molecule has 0 aliphatic carbocycles. The topological polar surface area (TPSA) is 88.0 Å². The molecule has 6 nitrogen and oxygen atoms in total. The minimum Gasteiger partial charge on any atom is -0.490 e. The first-order valence-corrected chi connectivity index (χ1v) is 12.1. The van der Waals surface area contributed by atoms with Crippen molar-refractivity contribution in [1.82, 2.24) is 5.25 Å². The number of unbranched alkanes of at least 4 members (excludes halogenated alkanes) is 8. The Hall–Kier alpha value is -1.21. The zero-order chi connectivity index (χ0) is 21.7. The number of halogens is 2. The predicted molar refractivity (Wildman–Crippen MR) is 109 cm³/mol. The first-order valence-electron chi connectivity index (χ1n) is 10.3. The van der Waals surface area contributed by atoms with Gasteiger partial charge < -0.3 is 19.6 Å². The summed E-state index contributed by atoms with van der Waals surface area (Å²) in [6, 6.07) is 1.47. The molecule has 29 heavy (non-hydrogen) atoms. The van der Waals surface area contributed by atoms with Gasteiger partial charge in [0.15, 0.2) is 11.5 Å². The van der Waals surface area contributed by atoms with Crippen LogP contribution in [0.5, 0.6) is 11.5 Å². The number of ether oxygens (including phenoxy) is 2. The van der Waals surface area contributed by atoms with Gasteiger partial charge in [0.05, 0.1) is 13.2 Å². The zero-order valence-corrected chi connectivity index (χ0v) is 18.3. The summed E-state index contributed by atoms with van der Waals surface area (Å²) in [6.07, 6.45) is 8.57. The fraction of sp³-hybridized carbons (Fsp3) is 0.700. The molecule has 1 unspecified atom stereocenters. The average molecular weight is 437 g/mol. The van der Waals surface area contributed by atoms with Crippen LogP contribution in [0.15, 0.2) is 6.07 Å². The second kappa shape index (κ2) is 13.9. The fourth-order valence-electron chi connectivity index (χ4n) is 3.03. The van der Waals surface area contributed by atoms with Crippen molar-refractivity contribution in [3.63, 3.8) is 0 Å². The summed E-state index contributed by atoms with van der Waals surface area (Å²) in [5.41, 5.74) is 0.509. The van der Waals surface area contributed by atoms with Crippen LogP contribution in [-0.4, -0.2) is 29.5 Å². The number of hydrogen-bond donors (Lipinski definition) is 3. The van der Waals surface area contributed by atoms with Crippen LogP contribution in [0.3, 0.4) is 0 Å². The summed E-state index contributed by atoms with van der Waals surface area (Å²) < 4.78 is 49.7. The first-order chi connectivity index (χ1) is 13.8. The van der Waals surface area contributed by atoms with Crippen LogP contribution in [0.25, 0.3) is 0 Å². The Kier molecular flexibility index (Phi) is 12.4. The highest BCUT2D eigenvalue weighted by molar-refractivity contribution is 7.55. The molecule has 1 aromatic rings. The van der Waals surface area contributed by atoms with Gasteiger partial charge in [-0.05, 0) is 38.3 Å². The van der Waals surface area contributed by atoms with Crippen LogP contribution >= 0.6 is 7.52 Å². The van der Waals surface area contributed by atoms with E-state index in [-0.39, 0.29) is 24.3 Å². The minimum absolute atomic E-state index is 0.0622. The molecule has 3 N–H and O–H groups in total. The lowest BCUT2D eigenvalue weighted by atomic mass is 10.1. The standard InChI is InChI=1S/C20H34F2NO5P/c1-3-27-20-16(2)15-17(18(21)19(20)22)28-13-11-9-7-5-4-6-8-10-12-14-29(25,26)23-24/h15,24H,3-14H2,1-2H3,(H2,23,25,26). The van der Waals surface area contributed by atoms with E-state index in [1.807, 2.05) is 0 Å². The maximum Gasteiger partial charge on any atom is 0.289 e. The third-order valence-electron chi connectivity index (χ3n) is 4.62. The van der Waals surface area contributed by atoms with Gasteiger partial charge in [0, 0.05) is 6.16 Å². The highest BCUT2D eigenvalue weighted by Gasteiger charge is 2.18. The number of nitrogens with one attached hydrogen (secondary N) is 1. The molecule has 0 aromatic heterocycles. The summed E-state index contributed by atoms with van der Waals surface area (Å²) in [5, 5.41) is 9.94. The second-order valence-corrected chi connectivity index (χ2v) is 9.19. The Morgan fingerprint density at radius 2 is 1.52 bits per heavy atom. The van der Waals surface area contributed by atoms with E-state index in [2.05, 4.69) is 0 Å². The van der Waals surface area contributed by atoms with Gasteiger partial charge in [-0.1, -0.05) is 44.9 Å². The lowest BCUT2D eigenvalue weighted by molar-refractivity contribution is 0.222. The summed E-state index contributed by atoms with van der Waals surface area (Å²) >= 11 is 0. The molecule has 1 atom stereocenters. The van der Waals surface area contributed by atoms with Gasteiger partial charge in [-0.2, -0.15) is 8.78 Å². The van der Waals surface area contributed by atoms with Crippen LogP contribution in [0.2, 0.25) is 0 Å². The van der Waals surface area contributed by atoms with Crippen molar-refractivity contribution in [1.29, 1.82) is 0 Å². The van der Waals surface area contributed by atoms with Crippen molar-refractivity contribution in [2.24, 2.45) is 0 Å². The van der Waals surface area contributed by atoms with Gasteiger partial charge in [-0.15, -0.1) is 5.25 Å². The quantitative estimate of drug-likeness (QED) is 0.174. The predicted octanol–water partition coefficient (Wildman–Crippen LogP) is 5.73. The fourth-order valence-corrected chi connectivity index (χ4v) is 3.78. The van der Waals surface area contributed by atoms with E-state index in [1.54, 1.807) is 13.8 Å². The highest BCUT2D eigenvalue weighted by Crippen LogP contribution is 2.35. The normalized spacial score (nSPS) is 13.3. The Labute approximate surface area is 172 Å². The SMILES string of the molecule is CCOc1c(C)cc(OCCCCCCCCCCCP(=O)(O)NO)c(F)c1F. The summed E-state index contributed by atoms with van der Waals surface area (Å²) in [5.74, 6) is -2.15. The van der Waals surface area contributed by atoms with Crippen molar-refractivity contribution in [2.45, 2.75) is 71.6 Å². The molecule has 168 valence electrons. The molecule has 0 fully saturated rings. The molecule has 1 aromatic carbocycles. The summed E-state index contributed by atoms with van der Waals surface area (Å²) in [4.78, 5) is 9.15. The van der Waals surface area contributed by atoms with Gasteiger partial charge in [0.25, 0.3) is 7.52 Å². The van der Waals surface area contributed by atoms with Crippen molar-refractivity contribution in [2.75, 3.05) is 19.4 Å². The molecule has 0 spiro atoms. The van der Waals surface area contributed by atoms with Crippen molar-refractivity contribution >= 4 is 7.52 Å². The van der Waals surface area contributed by atoms with Crippen molar-refractivity contribution in [3.05, 3.63) is 23.3 Å². The van der Waals surface area contributed by atoms with E-state index in [0.717, 1.165) is 51.4 Å². The van der Waals surface area contributed by atoms with Gasteiger partial charge in [-0.3, -0.25) is 4.57 Å². The van der Waals surface area contributed by atoms with E-state index < -0.39 is 19.2 Å². The number of hydrogen-bond acceptors (Lipinski definition) is 4. The lowest BCUT2D eigenvalue weighted by Crippen LogP contribution is -2.06. The molecule has 0 bridgehead atoms. The van der Waals surface area contributed by atoms with Gasteiger partial charge in [0.1, 0.15) is 0 Å². The maximum atomic E-state index is 14.0. The zero-order valence-electron chi connectivity index (χ0n) is 17.4. The third-order valence-corrected chi connectivity index (χ3v) is 5.86. The Morgan fingerprint density at radius 3 is 2.07 bits per heavy atom. The molecule has 1 rings (SSSR count). The largest absolute Gasteiger partial charge is 0.490 e. The number of benzene rings is 1. The van der Waals surface area contributed by atoms with E-state index in [1.165, 1.54) is 11.3 Å². The smallest absolute Gasteiger partial charge is 0.289 e. The Bertz CT molecular complexity index is 660. The van der Waals surface area contributed by atoms with E-state index in [4.69, 9.17) is 19.6 Å². The molecule has 0 aliphatic rings. The van der Waals surface area contributed by atoms with Crippen molar-refractivity contribution < 1.29 is 32.9 Å². The average Bonchev–Trinajstić information content (AvgIpc) is 2.69. The first kappa shape index (κ1) is 25.8. The van der Waals surface area contributed by atoms with E-state index >= 15 is 0 Å². The molecule has 9 heteroatoms. The molecule has 0 amide bonds. The van der Waals surface area contributed by atoms with Gasteiger partial charge in [0.2, 0.25) is 11.6 Å². The monoisotopic (exact) mass is 437 g/mol. The number of aryl methyl sites for hydroxylation is 1. The maximum absolute atomic E-state index is 14.0. The molecule has 0 saturated heterocycles. The van der Waals surface area contributed by atoms with Crippen LogP contribution in [0, 0.1) is 18.6 Å². The molecule has 0 heterocycles. The summed E-state index contributed by atoms with van der Waals surface area (Å²) in [6.45, 7) is 3.98. The summed E-state index contributed by atoms with van der Waals surface area (Å²) in [7, 11) is -3.54. The van der Waals surface area contributed by atoms with Crippen LogP contribution in [0.1, 0.15) is 70.3 Å². The van der Waals surface area contributed by atoms with E-state index in [0.29, 0.717) is 18.6 Å².